The van der Waals surface area contributed by atoms with E-state index in [1.165, 1.54) is 0 Å². The van der Waals surface area contributed by atoms with Gasteiger partial charge in [-0.3, -0.25) is 14.8 Å². The highest BCUT2D eigenvalue weighted by Gasteiger charge is 2.18. The van der Waals surface area contributed by atoms with E-state index < -0.39 is 5.20 Å². The first-order valence-electron chi connectivity index (χ1n) is 14.3. The van der Waals surface area contributed by atoms with Crippen molar-refractivity contribution < 1.29 is 12.2 Å². The number of aromatic amines is 2. The van der Waals surface area contributed by atoms with Gasteiger partial charge in [-0.2, -0.15) is 0 Å². The van der Waals surface area contributed by atoms with E-state index in [9.17, 15) is 9.36 Å². The van der Waals surface area contributed by atoms with Crippen molar-refractivity contribution in [3.63, 3.8) is 0 Å². The van der Waals surface area contributed by atoms with Gasteiger partial charge in [0.05, 0.1) is 54.6 Å². The minimum absolute atomic E-state index is 0. The van der Waals surface area contributed by atoms with Crippen molar-refractivity contribution >= 4 is 171 Å². The Morgan fingerprint density at radius 3 is 1.75 bits per heavy atom. The number of carbonyl (C=O) groups is 1. The highest BCUT2D eigenvalue weighted by Crippen LogP contribution is 2.61. The van der Waals surface area contributed by atoms with Gasteiger partial charge in [0.15, 0.2) is 0 Å². The second kappa shape index (κ2) is 24.0. The molecule has 52 heavy (non-hydrogen) atoms. The summed E-state index contributed by atoms with van der Waals surface area (Å²) in [5.74, 6) is 5.71. The van der Waals surface area contributed by atoms with Crippen LogP contribution in [0.1, 0.15) is 8.36 Å². The molecule has 23 heteroatoms. The lowest BCUT2D eigenvalue weighted by molar-refractivity contribution is -0.115. The lowest BCUT2D eigenvalue weighted by Crippen LogP contribution is -2.07. The number of H-pyrrole nitrogens is 2. The summed E-state index contributed by atoms with van der Waals surface area (Å²) >= 11 is 44.6. The van der Waals surface area contributed by atoms with Crippen LogP contribution in [0, 0.1) is 11.1 Å². The molecular weight excluding hydrogens is 976 g/mol. The van der Waals surface area contributed by atoms with E-state index >= 15 is 0 Å². The Hall–Kier alpha value is -2.47. The highest BCUT2D eigenvalue weighted by atomic mass is 127. The lowest BCUT2D eigenvalue weighted by Gasteiger charge is -1.98. The molecule has 0 saturated carbocycles. The Labute approximate surface area is 353 Å². The molecule has 1 amide bonds. The van der Waals surface area contributed by atoms with Gasteiger partial charge in [-0.15, -0.1) is 0 Å². The van der Waals surface area contributed by atoms with Gasteiger partial charge < -0.3 is 26.8 Å². The number of halogens is 9. The molecule has 4 aromatic carbocycles. The van der Waals surface area contributed by atoms with E-state index in [1.807, 2.05) is 59.0 Å². The number of rotatable bonds is 1. The minimum atomic E-state index is -3.22. The molecule has 1 aliphatic rings. The second-order valence-electron chi connectivity index (χ2n) is 9.17. The van der Waals surface area contributed by atoms with Crippen molar-refractivity contribution in [3.05, 3.63) is 104 Å². The van der Waals surface area contributed by atoms with Gasteiger partial charge in [-0.05, 0) is 98.3 Å². The number of amides is 1. The summed E-state index contributed by atoms with van der Waals surface area (Å²) < 4.78 is 15.7. The average Bonchev–Trinajstić information content (AvgIpc) is 3.82. The first-order chi connectivity index (χ1) is 25.0. The number of nitrogen functional groups attached to an aromatic ring is 3. The molecule has 0 fully saturated rings. The Bertz CT molecular complexity index is 2100. The van der Waals surface area contributed by atoms with Crippen molar-refractivity contribution in [2.45, 2.75) is 6.42 Å². The SMILES string of the molecule is Clc1nc2c(Cl)cccc2[nH]1.N=N.NNc1nc2c(Cl)cccc2[nH]1.Nc1cccc(Cl)c1N.O=C1Cc2cccc(Cl)c2N1.O=P(Cl)(Cl)Cl.[2H]CI.[HH]. The van der Waals surface area contributed by atoms with Crippen LogP contribution in [0.2, 0.25) is 25.4 Å². The Morgan fingerprint density at radius 2 is 1.29 bits per heavy atom. The van der Waals surface area contributed by atoms with E-state index in [4.69, 9.17) is 87.7 Å². The smallest absolute Gasteiger partial charge is 0.339 e. The van der Waals surface area contributed by atoms with Gasteiger partial charge in [0.1, 0.15) is 11.0 Å². The molecule has 0 spiro atoms. The summed E-state index contributed by atoms with van der Waals surface area (Å²) in [4.78, 5) is 25.3. The number of hydrogen-bond acceptors (Lipinski definition) is 10. The van der Waals surface area contributed by atoms with E-state index in [0.717, 1.165) is 33.3 Å². The Kier molecular flexibility index (Phi) is 21.1. The molecule has 2 aromatic heterocycles. The molecule has 7 rings (SSSR count). The predicted molar refractivity (Wildman–Crippen MR) is 232 cm³/mol. The van der Waals surface area contributed by atoms with Crippen LogP contribution in [0.15, 0.2) is 72.8 Å². The van der Waals surface area contributed by atoms with Crippen molar-refractivity contribution in [2.24, 2.45) is 5.84 Å². The van der Waals surface area contributed by atoms with Crippen molar-refractivity contribution in [2.75, 3.05) is 27.1 Å². The fourth-order valence-electron chi connectivity index (χ4n) is 3.80. The summed E-state index contributed by atoms with van der Waals surface area (Å²) in [5.41, 5.74) is 29.2. The van der Waals surface area contributed by atoms with Crippen LogP contribution in [0.4, 0.5) is 23.0 Å². The van der Waals surface area contributed by atoms with E-state index in [2.05, 4.69) is 64.4 Å². The van der Waals surface area contributed by atoms with Gasteiger partial charge in [0, 0.05) is 2.80 Å². The second-order valence-corrected chi connectivity index (χ2v) is 17.8. The predicted octanol–water partition coefficient (Wildman–Crippen LogP) is 12.4. The number of fused-ring (bicyclic) bond motifs is 3. The van der Waals surface area contributed by atoms with Crippen LogP contribution in [-0.2, 0) is 15.8 Å². The normalized spacial score (nSPS) is 11.0. The standard InChI is InChI=1S/C8H6ClNO.C7H4Cl2N2.C7H7ClN4.C6H7ClN2.CH3I.Cl3OP.H2N2.H2/c9-6-3-1-2-5-4-7(11)10-8(5)6;8-4-2-1-3-5-6(4)11-7(9)10-5;8-4-2-1-3-5-6(4)11-7(10-5)12-9;7-4-2-1-3-5(8)6(4)9;1-2;1-5(2,3)4;1-2;/h1-3H,4H2,(H,10,11);1-3H,(H,10,11);1-3H,9H2,(H2,10,11,12);1-3H,8-9H2;1H3;;1-2H;1H/i;;;;1D;;;. The number of nitrogens with zero attached hydrogens (tertiary/aromatic N) is 2. The third-order valence-electron chi connectivity index (χ3n) is 5.84. The molecule has 0 atom stereocenters. The van der Waals surface area contributed by atoms with Gasteiger partial charge in [0.25, 0.3) is 0 Å². The monoisotopic (exact) mass is 1000 g/mol. The van der Waals surface area contributed by atoms with Gasteiger partial charge in [-0.1, -0.05) is 99.3 Å². The van der Waals surface area contributed by atoms with Crippen molar-refractivity contribution in [1.82, 2.24) is 19.9 Å². The molecule has 0 unspecified atom stereocenters. The van der Waals surface area contributed by atoms with Crippen LogP contribution in [-0.4, -0.2) is 30.7 Å². The number of imidazole rings is 2. The zero-order valence-corrected chi connectivity index (χ0v) is 35.2. The van der Waals surface area contributed by atoms with Crippen molar-refractivity contribution in [3.8, 4) is 0 Å². The fraction of sp³-hybridized carbons (Fsp3) is 0.0690. The maximum Gasteiger partial charge on any atom is 0.339 e. The molecular formula is C29H31Cl8IN11O2P. The number of hydrogen-bond donors (Lipinski definition) is 9. The van der Waals surface area contributed by atoms with E-state index in [0.29, 0.717) is 54.0 Å². The number of para-hydroxylation sites is 4. The zero-order chi connectivity index (χ0) is 40.3. The summed E-state index contributed by atoms with van der Waals surface area (Å²) in [7, 11) is 0. The maximum absolute atomic E-state index is 10.9. The van der Waals surface area contributed by atoms with Gasteiger partial charge >= 0.3 is 5.20 Å². The number of anilines is 4. The number of alkyl halides is 1. The summed E-state index contributed by atoms with van der Waals surface area (Å²) in [6, 6.07) is 21.7. The first-order valence-corrected chi connectivity index (χ1v) is 21.4. The lowest BCUT2D eigenvalue weighted by atomic mass is 10.2. The van der Waals surface area contributed by atoms with E-state index in [-0.39, 0.29) is 7.33 Å². The van der Waals surface area contributed by atoms with Crippen LogP contribution >= 0.6 is 120 Å². The fourth-order valence-corrected chi connectivity index (χ4v) is 4.84. The molecule has 0 bridgehead atoms. The summed E-state index contributed by atoms with van der Waals surface area (Å²) in [6.45, 7) is 0. The molecule has 12 N–H and O–H groups in total. The zero-order valence-electron chi connectivity index (χ0n) is 27.1. The van der Waals surface area contributed by atoms with Gasteiger partial charge in [0.2, 0.25) is 17.1 Å². The van der Waals surface area contributed by atoms with Crippen LogP contribution in [0.3, 0.4) is 0 Å². The highest BCUT2D eigenvalue weighted by molar-refractivity contribution is 14.1. The van der Waals surface area contributed by atoms with Crippen LogP contribution in [0.25, 0.3) is 22.1 Å². The molecule has 1 aliphatic heterocycles. The summed E-state index contributed by atoms with van der Waals surface area (Å²) in [6.07, 6.45) is 0.454. The number of benzene rings is 4. The number of hydrazine groups is 1. The quantitative estimate of drug-likeness (QED) is 0.0146. The summed E-state index contributed by atoms with van der Waals surface area (Å²) in [5, 5.41) is 2.20. The third kappa shape index (κ3) is 16.3. The number of carbonyl (C=O) groups excluding carboxylic acids is 1. The Morgan fingerprint density at radius 1 is 0.827 bits per heavy atom. The number of aromatic nitrogens is 4. The third-order valence-corrected chi connectivity index (χ3v) is 7.27. The molecule has 0 radical (unpaired) electrons. The largest absolute Gasteiger partial charge is 0.397 e. The molecule has 0 saturated heterocycles. The van der Waals surface area contributed by atoms with Gasteiger partial charge in [-0.25, -0.2) is 26.9 Å². The van der Waals surface area contributed by atoms with Crippen LogP contribution in [0.5, 0.6) is 0 Å². The Balaban J connectivity index is 0.000000640. The topological polar surface area (TPSA) is 241 Å². The molecule has 0 aliphatic carbocycles. The number of nitrogens with two attached hydrogens (primary N) is 3. The molecule has 13 nitrogen and oxygen atoms in total. The number of nitrogens with one attached hydrogen (secondary N) is 6. The van der Waals surface area contributed by atoms with E-state index in [1.54, 1.807) is 36.4 Å². The minimum Gasteiger partial charge on any atom is -0.397 e. The van der Waals surface area contributed by atoms with Crippen LogP contribution < -0.4 is 28.1 Å². The first kappa shape index (κ1) is 45.7. The molecule has 6 aromatic rings. The molecule has 3 heterocycles. The van der Waals surface area contributed by atoms with Crippen molar-refractivity contribution in [1.29, 1.82) is 11.1 Å². The molecule has 282 valence electrons. The average molecular weight is 1010 g/mol. The maximum atomic E-state index is 10.9.